The van der Waals surface area contributed by atoms with Gasteiger partial charge < -0.3 is 14.4 Å². The lowest BCUT2D eigenvalue weighted by Crippen LogP contribution is -2.43. The van der Waals surface area contributed by atoms with Gasteiger partial charge in [-0.25, -0.2) is 0 Å². The molecule has 6 heteroatoms. The Morgan fingerprint density at radius 1 is 1.65 bits per heavy atom. The van der Waals surface area contributed by atoms with Crippen LogP contribution < -0.4 is 4.90 Å². The molecular weight excluding hydrogens is 324 g/mol. The van der Waals surface area contributed by atoms with Gasteiger partial charge >= 0.3 is 5.97 Å². The molecular formula is C14H15BrN2O3. The van der Waals surface area contributed by atoms with E-state index in [2.05, 4.69) is 31.6 Å². The summed E-state index contributed by atoms with van der Waals surface area (Å²) in [5.74, 6) is -0.266. The van der Waals surface area contributed by atoms with E-state index in [1.165, 1.54) is 7.11 Å². The summed E-state index contributed by atoms with van der Waals surface area (Å²) in [6.45, 7) is 1.96. The second-order valence-electron chi connectivity index (χ2n) is 4.50. The number of morpholine rings is 1. The number of anilines is 1. The molecule has 1 aromatic carbocycles. The summed E-state index contributed by atoms with van der Waals surface area (Å²) in [4.78, 5) is 13.4. The van der Waals surface area contributed by atoms with Gasteiger partial charge in [-0.2, -0.15) is 5.26 Å². The number of carbonyl (C=O) groups is 1. The predicted molar refractivity (Wildman–Crippen MR) is 77.4 cm³/mol. The largest absolute Gasteiger partial charge is 0.469 e. The molecule has 5 nitrogen and oxygen atoms in total. The Labute approximate surface area is 126 Å². The molecule has 0 aliphatic carbocycles. The van der Waals surface area contributed by atoms with E-state index in [1.807, 2.05) is 12.1 Å². The normalized spacial score (nSPS) is 18.4. The zero-order valence-electron chi connectivity index (χ0n) is 11.1. The maximum absolute atomic E-state index is 11.3. The highest BCUT2D eigenvalue weighted by Crippen LogP contribution is 2.25. The standard InChI is InChI=1S/C14H15BrN2O3/c1-19-14(18)7-12-9-17(4-5-20-12)11-3-2-10(8-16)13(15)6-11/h2-3,6,12H,4-5,7,9H2,1H3. The molecule has 20 heavy (non-hydrogen) atoms. The smallest absolute Gasteiger partial charge is 0.308 e. The fourth-order valence-corrected chi connectivity index (χ4v) is 2.59. The third-order valence-corrected chi connectivity index (χ3v) is 3.86. The van der Waals surface area contributed by atoms with Crippen molar-refractivity contribution in [2.24, 2.45) is 0 Å². The van der Waals surface area contributed by atoms with Gasteiger partial charge in [0.05, 0.1) is 31.8 Å². The highest BCUT2D eigenvalue weighted by atomic mass is 79.9. The predicted octanol–water partition coefficient (Wildman–Crippen LogP) is 2.09. The van der Waals surface area contributed by atoms with Gasteiger partial charge in [-0.15, -0.1) is 0 Å². The third kappa shape index (κ3) is 3.50. The molecule has 0 saturated carbocycles. The van der Waals surface area contributed by atoms with Crippen LogP contribution in [0.5, 0.6) is 0 Å². The van der Waals surface area contributed by atoms with Crippen LogP contribution in [0.4, 0.5) is 5.69 Å². The fraction of sp³-hybridized carbons (Fsp3) is 0.429. The molecule has 2 rings (SSSR count). The number of hydrogen-bond donors (Lipinski definition) is 0. The van der Waals surface area contributed by atoms with Crippen LogP contribution in [-0.4, -0.2) is 38.9 Å². The molecule has 1 unspecified atom stereocenters. The summed E-state index contributed by atoms with van der Waals surface area (Å²) >= 11 is 3.39. The first-order chi connectivity index (χ1) is 9.63. The van der Waals surface area contributed by atoms with Gasteiger partial charge in [0.2, 0.25) is 0 Å². The van der Waals surface area contributed by atoms with E-state index in [1.54, 1.807) is 6.07 Å². The Bertz CT molecular complexity index is 542. The maximum Gasteiger partial charge on any atom is 0.308 e. The zero-order valence-corrected chi connectivity index (χ0v) is 12.7. The number of hydrogen-bond acceptors (Lipinski definition) is 5. The first kappa shape index (κ1) is 14.8. The van der Waals surface area contributed by atoms with E-state index >= 15 is 0 Å². The number of methoxy groups -OCH3 is 1. The molecule has 0 aromatic heterocycles. The molecule has 1 aromatic rings. The lowest BCUT2D eigenvalue weighted by molar-refractivity contribution is -0.144. The van der Waals surface area contributed by atoms with E-state index < -0.39 is 0 Å². The van der Waals surface area contributed by atoms with Gasteiger partial charge in [0.25, 0.3) is 0 Å². The quantitative estimate of drug-likeness (QED) is 0.789. The van der Waals surface area contributed by atoms with Crippen molar-refractivity contribution in [2.45, 2.75) is 12.5 Å². The Morgan fingerprint density at radius 3 is 3.10 bits per heavy atom. The van der Waals surface area contributed by atoms with Gasteiger partial charge in [-0.05, 0) is 34.1 Å². The van der Waals surface area contributed by atoms with Crippen molar-refractivity contribution < 1.29 is 14.3 Å². The fourth-order valence-electron chi connectivity index (χ4n) is 2.14. The van der Waals surface area contributed by atoms with Crippen molar-refractivity contribution in [3.8, 4) is 6.07 Å². The molecule has 0 radical (unpaired) electrons. The third-order valence-electron chi connectivity index (χ3n) is 3.20. The number of benzene rings is 1. The van der Waals surface area contributed by atoms with E-state index in [4.69, 9.17) is 10.00 Å². The first-order valence-corrected chi connectivity index (χ1v) is 7.06. The second kappa shape index (κ2) is 6.73. The minimum absolute atomic E-state index is 0.161. The van der Waals surface area contributed by atoms with Crippen LogP contribution in [0.1, 0.15) is 12.0 Å². The van der Waals surface area contributed by atoms with Crippen molar-refractivity contribution in [3.05, 3.63) is 28.2 Å². The number of esters is 1. The molecule has 1 saturated heterocycles. The summed E-state index contributed by atoms with van der Waals surface area (Å²) in [6, 6.07) is 7.72. The Morgan fingerprint density at radius 2 is 2.45 bits per heavy atom. The molecule has 0 amide bonds. The monoisotopic (exact) mass is 338 g/mol. The van der Waals surface area contributed by atoms with E-state index in [0.29, 0.717) is 18.7 Å². The van der Waals surface area contributed by atoms with Crippen LogP contribution in [0.25, 0.3) is 0 Å². The number of nitrogens with zero attached hydrogens (tertiary/aromatic N) is 2. The molecule has 0 N–H and O–H groups in total. The van der Waals surface area contributed by atoms with Crippen LogP contribution in [0.2, 0.25) is 0 Å². The summed E-state index contributed by atoms with van der Waals surface area (Å²) in [5.41, 5.74) is 1.61. The molecule has 0 bridgehead atoms. The van der Waals surface area contributed by atoms with E-state index in [9.17, 15) is 4.79 Å². The van der Waals surface area contributed by atoms with Gasteiger partial charge in [0.1, 0.15) is 6.07 Å². The summed E-state index contributed by atoms with van der Waals surface area (Å²) in [7, 11) is 1.38. The molecule has 1 heterocycles. The minimum atomic E-state index is -0.266. The average molecular weight is 339 g/mol. The number of carbonyl (C=O) groups excluding carboxylic acids is 1. The summed E-state index contributed by atoms with van der Waals surface area (Å²) in [6.07, 6.45) is 0.0929. The van der Waals surface area contributed by atoms with Crippen molar-refractivity contribution in [1.29, 1.82) is 5.26 Å². The topological polar surface area (TPSA) is 62.6 Å². The maximum atomic E-state index is 11.3. The summed E-state index contributed by atoms with van der Waals surface area (Å²) < 4.78 is 11.0. The van der Waals surface area contributed by atoms with Crippen LogP contribution in [0, 0.1) is 11.3 Å². The number of halogens is 1. The Kier molecular flexibility index (Phi) is 4.99. The van der Waals surface area contributed by atoms with Gasteiger partial charge in [-0.3, -0.25) is 4.79 Å². The molecule has 0 spiro atoms. The zero-order chi connectivity index (χ0) is 14.5. The lowest BCUT2D eigenvalue weighted by atomic mass is 10.1. The Balaban J connectivity index is 2.07. The van der Waals surface area contributed by atoms with Crippen molar-refractivity contribution >= 4 is 27.6 Å². The first-order valence-electron chi connectivity index (χ1n) is 6.27. The molecule has 1 aliphatic rings. The highest BCUT2D eigenvalue weighted by molar-refractivity contribution is 9.10. The molecule has 106 valence electrons. The average Bonchev–Trinajstić information content (AvgIpc) is 2.47. The second-order valence-corrected chi connectivity index (χ2v) is 5.35. The van der Waals surface area contributed by atoms with Crippen LogP contribution in [-0.2, 0) is 14.3 Å². The highest BCUT2D eigenvalue weighted by Gasteiger charge is 2.23. The van der Waals surface area contributed by atoms with Gasteiger partial charge in [0.15, 0.2) is 0 Å². The van der Waals surface area contributed by atoms with Crippen molar-refractivity contribution in [3.63, 3.8) is 0 Å². The Hall–Kier alpha value is -1.58. The van der Waals surface area contributed by atoms with E-state index in [-0.39, 0.29) is 18.5 Å². The number of rotatable bonds is 3. The lowest BCUT2D eigenvalue weighted by Gasteiger charge is -2.34. The number of ether oxygens (including phenoxy) is 2. The van der Waals surface area contributed by atoms with Crippen molar-refractivity contribution in [1.82, 2.24) is 0 Å². The van der Waals surface area contributed by atoms with E-state index in [0.717, 1.165) is 16.7 Å². The summed E-state index contributed by atoms with van der Waals surface area (Å²) in [5, 5.41) is 8.92. The van der Waals surface area contributed by atoms with Crippen LogP contribution in [0.15, 0.2) is 22.7 Å². The van der Waals surface area contributed by atoms with Gasteiger partial charge in [-0.1, -0.05) is 0 Å². The van der Waals surface area contributed by atoms with Crippen molar-refractivity contribution in [2.75, 3.05) is 31.7 Å². The van der Waals surface area contributed by atoms with Gasteiger partial charge in [0, 0.05) is 23.2 Å². The molecule has 1 atom stereocenters. The SMILES string of the molecule is COC(=O)CC1CN(c2ccc(C#N)c(Br)c2)CCO1. The molecule has 1 fully saturated rings. The minimum Gasteiger partial charge on any atom is -0.469 e. The molecule has 1 aliphatic heterocycles. The van der Waals surface area contributed by atoms with Crippen LogP contribution >= 0.6 is 15.9 Å². The van der Waals surface area contributed by atoms with Crippen LogP contribution in [0.3, 0.4) is 0 Å². The number of nitriles is 1.